The van der Waals surface area contributed by atoms with E-state index in [0.29, 0.717) is 6.54 Å². The lowest BCUT2D eigenvalue weighted by atomic mass is 10.1. The molecule has 0 saturated carbocycles. The molecule has 1 saturated heterocycles. The highest BCUT2D eigenvalue weighted by atomic mass is 35.5. The zero-order valence-electron chi connectivity index (χ0n) is 14.5. The molecule has 0 unspecified atom stereocenters. The highest BCUT2D eigenvalue weighted by Crippen LogP contribution is 2.28. The molecule has 3 rings (SSSR count). The first kappa shape index (κ1) is 18.2. The van der Waals surface area contributed by atoms with Gasteiger partial charge in [0.15, 0.2) is 0 Å². The van der Waals surface area contributed by atoms with Crippen LogP contribution in [0.15, 0.2) is 42.5 Å². The summed E-state index contributed by atoms with van der Waals surface area (Å²) in [5.41, 5.74) is 1.92. The van der Waals surface area contributed by atoms with Crippen LogP contribution in [-0.2, 0) is 6.54 Å². The van der Waals surface area contributed by atoms with Gasteiger partial charge in [-0.2, -0.15) is 0 Å². The Bertz CT molecular complexity index is 835. The maximum Gasteiger partial charge on any atom is 0.283 e. The summed E-state index contributed by atoms with van der Waals surface area (Å²) >= 11 is 5.83. The topological polar surface area (TPSA) is 66.7 Å². The van der Waals surface area contributed by atoms with Crippen LogP contribution in [0.5, 0.6) is 0 Å². The fraction of sp³-hybridized carbons (Fsp3) is 0.316. The van der Waals surface area contributed by atoms with Crippen molar-refractivity contribution in [3.8, 4) is 0 Å². The number of hydrogen-bond donors (Lipinski definition) is 0. The van der Waals surface area contributed by atoms with Crippen molar-refractivity contribution < 1.29 is 9.72 Å². The van der Waals surface area contributed by atoms with Crippen LogP contribution in [0.1, 0.15) is 28.8 Å². The molecule has 0 N–H and O–H groups in total. The zero-order valence-corrected chi connectivity index (χ0v) is 15.3. The van der Waals surface area contributed by atoms with Crippen LogP contribution >= 0.6 is 11.6 Å². The van der Waals surface area contributed by atoms with Gasteiger partial charge >= 0.3 is 0 Å². The summed E-state index contributed by atoms with van der Waals surface area (Å²) in [6.07, 6.45) is 2.33. The summed E-state index contributed by atoms with van der Waals surface area (Å²) in [5.74, 6) is -0.399. The van der Waals surface area contributed by atoms with Crippen molar-refractivity contribution in [2.45, 2.75) is 19.4 Å². The Morgan fingerprint density at radius 2 is 1.92 bits per heavy atom. The number of hydrogen-bond acceptors (Lipinski definition) is 4. The van der Waals surface area contributed by atoms with Gasteiger partial charge in [-0.1, -0.05) is 29.8 Å². The number of anilines is 1. The van der Waals surface area contributed by atoms with Crippen molar-refractivity contribution in [3.05, 3.63) is 68.7 Å². The molecule has 1 fully saturated rings. The highest BCUT2D eigenvalue weighted by molar-refractivity contribution is 6.31. The van der Waals surface area contributed by atoms with E-state index in [0.717, 1.165) is 24.3 Å². The summed E-state index contributed by atoms with van der Waals surface area (Å²) in [5, 5.41) is 11.5. The van der Waals surface area contributed by atoms with E-state index in [1.54, 1.807) is 7.05 Å². The molecule has 1 aliphatic heterocycles. The third-order valence-corrected chi connectivity index (χ3v) is 4.81. The summed E-state index contributed by atoms with van der Waals surface area (Å²) < 4.78 is 0. The lowest BCUT2D eigenvalue weighted by Crippen LogP contribution is -2.28. The highest BCUT2D eigenvalue weighted by Gasteiger charge is 2.24. The minimum Gasteiger partial charge on any atom is -0.371 e. The fourth-order valence-corrected chi connectivity index (χ4v) is 3.45. The van der Waals surface area contributed by atoms with Gasteiger partial charge in [-0.05, 0) is 36.6 Å². The Kier molecular flexibility index (Phi) is 5.42. The van der Waals surface area contributed by atoms with Crippen LogP contribution in [0.25, 0.3) is 0 Å². The van der Waals surface area contributed by atoms with Gasteiger partial charge in [-0.15, -0.1) is 0 Å². The molecule has 2 aromatic carbocycles. The maximum atomic E-state index is 12.8. The van der Waals surface area contributed by atoms with Crippen molar-refractivity contribution in [3.63, 3.8) is 0 Å². The quantitative estimate of drug-likeness (QED) is 0.584. The maximum absolute atomic E-state index is 12.8. The molecule has 0 radical (unpaired) electrons. The molecule has 6 nitrogen and oxygen atoms in total. The van der Waals surface area contributed by atoms with E-state index in [1.807, 2.05) is 18.2 Å². The van der Waals surface area contributed by atoms with Crippen LogP contribution in [0, 0.1) is 10.1 Å². The molecule has 0 bridgehead atoms. The Morgan fingerprint density at radius 3 is 2.62 bits per heavy atom. The van der Waals surface area contributed by atoms with Gasteiger partial charge in [0.1, 0.15) is 5.56 Å². The summed E-state index contributed by atoms with van der Waals surface area (Å²) in [6.45, 7) is 2.40. The van der Waals surface area contributed by atoms with Gasteiger partial charge in [0, 0.05) is 43.5 Å². The third-order valence-electron chi connectivity index (χ3n) is 4.58. The predicted octanol–water partition coefficient (Wildman–Crippen LogP) is 4.12. The number of nitro benzene ring substituents is 1. The molecule has 0 spiro atoms. The van der Waals surface area contributed by atoms with Gasteiger partial charge in [0.25, 0.3) is 11.6 Å². The molecule has 26 heavy (non-hydrogen) atoms. The minimum atomic E-state index is -0.578. The normalized spacial score (nSPS) is 13.7. The Morgan fingerprint density at radius 1 is 1.23 bits per heavy atom. The lowest BCUT2D eigenvalue weighted by molar-refractivity contribution is -0.385. The first-order chi connectivity index (χ1) is 12.5. The smallest absolute Gasteiger partial charge is 0.283 e. The van der Waals surface area contributed by atoms with Crippen LogP contribution in [0.3, 0.4) is 0 Å². The van der Waals surface area contributed by atoms with E-state index < -0.39 is 10.8 Å². The van der Waals surface area contributed by atoms with Crippen molar-refractivity contribution in [2.24, 2.45) is 0 Å². The fourth-order valence-electron chi connectivity index (χ4n) is 3.28. The number of amides is 1. The largest absolute Gasteiger partial charge is 0.371 e. The molecule has 0 aliphatic carbocycles. The van der Waals surface area contributed by atoms with Gasteiger partial charge in [-0.3, -0.25) is 14.9 Å². The number of benzene rings is 2. The minimum absolute atomic E-state index is 0.0422. The lowest BCUT2D eigenvalue weighted by Gasteiger charge is -2.24. The van der Waals surface area contributed by atoms with Crippen molar-refractivity contribution in [1.29, 1.82) is 0 Å². The number of nitro groups is 1. The standard InChI is InChI=1S/C19H20ClN3O3/c1-21(19(24)16-9-8-15(20)12-18(16)23(25)26)13-14-6-2-3-7-17(14)22-10-4-5-11-22/h2-3,6-9,12H,4-5,10-11,13H2,1H3. The van der Waals surface area contributed by atoms with Crippen LogP contribution < -0.4 is 4.90 Å². The number of para-hydroxylation sites is 1. The van der Waals surface area contributed by atoms with Crippen molar-refractivity contribution in [2.75, 3.05) is 25.0 Å². The van der Waals surface area contributed by atoms with Gasteiger partial charge in [0.05, 0.1) is 4.92 Å². The van der Waals surface area contributed by atoms with Gasteiger partial charge < -0.3 is 9.80 Å². The average molecular weight is 374 g/mol. The van der Waals surface area contributed by atoms with E-state index in [2.05, 4.69) is 11.0 Å². The first-order valence-corrected chi connectivity index (χ1v) is 8.87. The van der Waals surface area contributed by atoms with E-state index in [9.17, 15) is 14.9 Å². The zero-order chi connectivity index (χ0) is 18.7. The van der Waals surface area contributed by atoms with Gasteiger partial charge in [-0.25, -0.2) is 0 Å². The summed E-state index contributed by atoms with van der Waals surface area (Å²) in [4.78, 5) is 27.3. The molecule has 136 valence electrons. The van der Waals surface area contributed by atoms with Crippen LogP contribution in [-0.4, -0.2) is 35.9 Å². The van der Waals surface area contributed by atoms with E-state index in [-0.39, 0.29) is 16.3 Å². The Balaban J connectivity index is 1.84. The van der Waals surface area contributed by atoms with E-state index >= 15 is 0 Å². The first-order valence-electron chi connectivity index (χ1n) is 8.49. The SMILES string of the molecule is CN(Cc1ccccc1N1CCCC1)C(=O)c1ccc(Cl)cc1[N+](=O)[O-]. The van der Waals surface area contributed by atoms with Crippen molar-refractivity contribution >= 4 is 28.9 Å². The molecule has 1 amide bonds. The molecule has 0 aromatic heterocycles. The molecule has 0 atom stereocenters. The second-order valence-corrected chi connectivity index (χ2v) is 6.84. The molecular weight excluding hydrogens is 354 g/mol. The number of carbonyl (C=O) groups is 1. The Labute approximate surface area is 157 Å². The van der Waals surface area contributed by atoms with Crippen molar-refractivity contribution in [1.82, 2.24) is 4.90 Å². The second-order valence-electron chi connectivity index (χ2n) is 6.40. The van der Waals surface area contributed by atoms with E-state index in [4.69, 9.17) is 11.6 Å². The number of rotatable bonds is 5. The summed E-state index contributed by atoms with van der Waals surface area (Å²) in [6, 6.07) is 12.1. The second kappa shape index (κ2) is 7.74. The molecular formula is C19H20ClN3O3. The number of carbonyl (C=O) groups excluding carboxylic acids is 1. The van der Waals surface area contributed by atoms with E-state index in [1.165, 1.54) is 35.9 Å². The molecule has 7 heteroatoms. The van der Waals surface area contributed by atoms with Gasteiger partial charge in [0.2, 0.25) is 0 Å². The molecule has 1 heterocycles. The number of nitrogens with zero attached hydrogens (tertiary/aromatic N) is 3. The predicted molar refractivity (Wildman–Crippen MR) is 102 cm³/mol. The monoisotopic (exact) mass is 373 g/mol. The molecule has 2 aromatic rings. The van der Waals surface area contributed by atoms with Crippen LogP contribution in [0.4, 0.5) is 11.4 Å². The Hall–Kier alpha value is -2.60. The molecule has 1 aliphatic rings. The van der Waals surface area contributed by atoms with Crippen LogP contribution in [0.2, 0.25) is 5.02 Å². The third kappa shape index (κ3) is 3.80. The summed E-state index contributed by atoms with van der Waals surface area (Å²) in [7, 11) is 1.65. The average Bonchev–Trinajstić information content (AvgIpc) is 3.16. The number of halogens is 1.